The molecule has 4 atom stereocenters. The summed E-state index contributed by atoms with van der Waals surface area (Å²) in [7, 11) is -21.7. The van der Waals surface area contributed by atoms with Crippen LogP contribution in [0.5, 0.6) is 0 Å². The lowest BCUT2D eigenvalue weighted by Crippen LogP contribution is -2.60. The van der Waals surface area contributed by atoms with Gasteiger partial charge in [0, 0.05) is 6.42 Å². The van der Waals surface area contributed by atoms with Gasteiger partial charge in [-0.2, -0.15) is 0 Å². The Kier molecular flexibility index (Phi) is 25.6. The van der Waals surface area contributed by atoms with Gasteiger partial charge < -0.3 is 38.0 Å². The van der Waals surface area contributed by atoms with E-state index < -0.39 is 91.3 Å². The molecule has 342 valence electrons. The standard InChI is InChI=1S/C37H94O10Si10/c1-48(40-49(2,3)4)41-55(18,45-53(14,15)42-50(5,6)7)34-30-27-28-32-36-57(20,46-54(16,17)43-51(8,9)10)47-56(19,44-52(11,12)13)35-31-26-24-22-21-23-25-29-33-37(38)39/h48H,21-36H2,1-20H3,(H,38,39). The summed E-state index contributed by atoms with van der Waals surface area (Å²) in [5, 5.41) is 8.88. The zero-order valence-corrected chi connectivity index (χ0v) is 51.2. The minimum atomic E-state index is -2.70. The van der Waals surface area contributed by atoms with E-state index in [9.17, 15) is 4.79 Å². The Morgan fingerprint density at radius 3 is 1.05 bits per heavy atom. The van der Waals surface area contributed by atoms with Crippen molar-refractivity contribution in [2.75, 3.05) is 0 Å². The smallest absolute Gasteiger partial charge is 0.317 e. The SMILES string of the molecule is C[SiH](O[Si](C)(C)C)O[Si](C)(CCCCCC[Si](C)(O[Si](C)(C)O[Si](C)(C)C)O[Si](C)(CCCCCCCCCCC(=O)O)O[Si](C)(C)C)O[Si](C)(C)O[Si](C)(C)C. The van der Waals surface area contributed by atoms with Gasteiger partial charge in [-0.3, -0.25) is 4.79 Å². The fourth-order valence-electron chi connectivity index (χ4n) is 7.94. The van der Waals surface area contributed by atoms with Crippen LogP contribution < -0.4 is 0 Å². The number of rotatable bonds is 34. The summed E-state index contributed by atoms with van der Waals surface area (Å²) < 4.78 is 55.4. The van der Waals surface area contributed by atoms with Gasteiger partial charge in [0.1, 0.15) is 0 Å². The highest BCUT2D eigenvalue weighted by Crippen LogP contribution is 2.34. The molecule has 0 rings (SSSR count). The zero-order chi connectivity index (χ0) is 44.6. The van der Waals surface area contributed by atoms with Gasteiger partial charge in [0.15, 0.2) is 33.3 Å². The molecule has 10 nitrogen and oxygen atoms in total. The number of unbranched alkanes of at least 4 members (excludes halogenated alkanes) is 10. The maximum atomic E-state index is 10.8. The molecule has 0 aromatic heterocycles. The van der Waals surface area contributed by atoms with Gasteiger partial charge in [-0.25, -0.2) is 0 Å². The largest absolute Gasteiger partial charge is 0.481 e. The Bertz CT molecular complexity index is 1140. The second kappa shape index (κ2) is 25.0. The number of aliphatic carboxylic acids is 1. The molecule has 0 saturated carbocycles. The van der Waals surface area contributed by atoms with Gasteiger partial charge in [-0.05, 0) is 155 Å². The molecule has 0 heterocycles. The molecule has 0 aliphatic rings. The summed E-state index contributed by atoms with van der Waals surface area (Å²) in [5.41, 5.74) is 0. The fraction of sp³-hybridized carbons (Fsp3) is 0.973. The van der Waals surface area contributed by atoms with E-state index in [-0.39, 0.29) is 6.42 Å². The minimum Gasteiger partial charge on any atom is -0.481 e. The summed E-state index contributed by atoms with van der Waals surface area (Å²) in [6.07, 6.45) is 13.3. The van der Waals surface area contributed by atoms with E-state index in [1.54, 1.807) is 0 Å². The van der Waals surface area contributed by atoms with Crippen molar-refractivity contribution in [2.24, 2.45) is 0 Å². The van der Waals surface area contributed by atoms with Crippen LogP contribution in [0.2, 0.25) is 149 Å². The number of carbonyl (C=O) groups is 1. The molecule has 0 aromatic carbocycles. The Balaban J connectivity index is 5.83. The van der Waals surface area contributed by atoms with Crippen LogP contribution in [0.1, 0.15) is 83.5 Å². The highest BCUT2D eigenvalue weighted by atomic mass is 28.5. The van der Waals surface area contributed by atoms with Crippen LogP contribution >= 0.6 is 0 Å². The minimum absolute atomic E-state index is 0.284. The van der Waals surface area contributed by atoms with E-state index in [0.717, 1.165) is 69.5 Å². The van der Waals surface area contributed by atoms with Crippen molar-refractivity contribution in [1.82, 2.24) is 0 Å². The summed E-state index contributed by atoms with van der Waals surface area (Å²) in [6.45, 7) is 44.8. The topological polar surface area (TPSA) is 111 Å². The van der Waals surface area contributed by atoms with Crippen molar-refractivity contribution in [3.8, 4) is 0 Å². The van der Waals surface area contributed by atoms with Gasteiger partial charge in [-0.1, -0.05) is 70.6 Å². The van der Waals surface area contributed by atoms with Gasteiger partial charge in [0.25, 0.3) is 9.28 Å². The highest BCUT2D eigenvalue weighted by Gasteiger charge is 2.49. The van der Waals surface area contributed by atoms with Crippen LogP contribution in [0.3, 0.4) is 0 Å². The van der Waals surface area contributed by atoms with Gasteiger partial charge in [-0.15, -0.1) is 0 Å². The molecule has 0 spiro atoms. The molecule has 0 amide bonds. The van der Waals surface area contributed by atoms with Crippen molar-refractivity contribution >= 4 is 91.3 Å². The van der Waals surface area contributed by atoms with E-state index in [0.29, 0.717) is 0 Å². The predicted octanol–water partition coefficient (Wildman–Crippen LogP) is 13.1. The third kappa shape index (κ3) is 33.5. The molecule has 20 heteroatoms. The monoisotopic (exact) mass is 978 g/mol. The Hall–Kier alpha value is 1.32. The fourth-order valence-corrected chi connectivity index (χ4v) is 52.3. The first-order chi connectivity index (χ1) is 25.5. The van der Waals surface area contributed by atoms with Crippen LogP contribution in [-0.4, -0.2) is 96.4 Å². The average Bonchev–Trinajstić information content (AvgIpc) is 2.89. The van der Waals surface area contributed by atoms with E-state index in [4.69, 9.17) is 38.0 Å². The van der Waals surface area contributed by atoms with Crippen LogP contribution in [0.15, 0.2) is 0 Å². The van der Waals surface area contributed by atoms with Crippen molar-refractivity contribution in [3.05, 3.63) is 0 Å². The van der Waals surface area contributed by atoms with E-state index in [1.165, 1.54) is 25.7 Å². The Morgan fingerprint density at radius 2 is 0.702 bits per heavy atom. The maximum Gasteiger partial charge on any atom is 0.317 e. The number of carboxylic acid groups (broad SMARTS) is 1. The van der Waals surface area contributed by atoms with Crippen molar-refractivity contribution in [1.29, 1.82) is 0 Å². The van der Waals surface area contributed by atoms with Gasteiger partial charge >= 0.3 is 48.8 Å². The summed E-state index contributed by atoms with van der Waals surface area (Å²) in [5.74, 6) is -0.690. The van der Waals surface area contributed by atoms with E-state index in [2.05, 4.69) is 131 Å². The van der Waals surface area contributed by atoms with Gasteiger partial charge in [0.05, 0.1) is 0 Å². The van der Waals surface area contributed by atoms with Crippen molar-refractivity contribution in [3.63, 3.8) is 0 Å². The molecule has 0 aliphatic heterocycles. The normalized spacial score (nSPS) is 17.5. The molecule has 0 saturated heterocycles. The molecule has 0 aliphatic carbocycles. The Labute approximate surface area is 364 Å². The van der Waals surface area contributed by atoms with Crippen LogP contribution in [0, 0.1) is 0 Å². The predicted molar refractivity (Wildman–Crippen MR) is 267 cm³/mol. The molecule has 0 bridgehead atoms. The molecule has 1 N–H and O–H groups in total. The number of hydrogen-bond acceptors (Lipinski definition) is 9. The molecular weight excluding hydrogens is 885 g/mol. The molecule has 0 radical (unpaired) electrons. The van der Waals surface area contributed by atoms with Crippen molar-refractivity contribution < 1.29 is 42.8 Å². The lowest BCUT2D eigenvalue weighted by Gasteiger charge is -2.44. The third-order valence-electron chi connectivity index (χ3n) is 8.70. The zero-order valence-electron chi connectivity index (χ0n) is 41.0. The van der Waals surface area contributed by atoms with Crippen LogP contribution in [-0.2, 0) is 37.7 Å². The lowest BCUT2D eigenvalue weighted by atomic mass is 10.1. The molecule has 57 heavy (non-hydrogen) atoms. The van der Waals surface area contributed by atoms with Crippen LogP contribution in [0.4, 0.5) is 0 Å². The average molecular weight is 980 g/mol. The molecule has 0 aromatic rings. The molecule has 0 fully saturated rings. The van der Waals surface area contributed by atoms with Crippen LogP contribution in [0.25, 0.3) is 0 Å². The first kappa shape index (κ1) is 58.3. The first-order valence-electron chi connectivity index (χ1n) is 22.2. The highest BCUT2D eigenvalue weighted by molar-refractivity contribution is 6.91. The first-order valence-corrected chi connectivity index (χ1v) is 51.2. The van der Waals surface area contributed by atoms with Gasteiger partial charge in [0.2, 0.25) is 0 Å². The Morgan fingerprint density at radius 1 is 0.386 bits per heavy atom. The molecule has 4 unspecified atom stereocenters. The summed E-state index contributed by atoms with van der Waals surface area (Å²) in [4.78, 5) is 10.8. The van der Waals surface area contributed by atoms with E-state index in [1.807, 2.05) is 0 Å². The second-order valence-electron chi connectivity index (χ2n) is 21.7. The second-order valence-corrected chi connectivity index (χ2v) is 60.4. The van der Waals surface area contributed by atoms with E-state index >= 15 is 0 Å². The lowest BCUT2D eigenvalue weighted by molar-refractivity contribution is -0.137. The number of hydrogen-bond donors (Lipinski definition) is 1. The summed E-state index contributed by atoms with van der Waals surface area (Å²) in [6, 6.07) is 2.85. The molecular formula is C37H94O10Si10. The number of carboxylic acids is 1. The third-order valence-corrected chi connectivity index (χ3v) is 43.8. The maximum absolute atomic E-state index is 10.8. The quantitative estimate of drug-likeness (QED) is 0.0494. The van der Waals surface area contributed by atoms with Crippen molar-refractivity contribution in [2.45, 2.75) is 233 Å². The summed E-state index contributed by atoms with van der Waals surface area (Å²) >= 11 is 0.